The SMILES string of the molecule is CN(c1nc(-c2ccccc2)cc2ncn(C)c(=O)c12)C1CC1. The Kier molecular flexibility index (Phi) is 3.15. The molecule has 0 amide bonds. The second-order valence-electron chi connectivity index (χ2n) is 6.09. The van der Waals surface area contributed by atoms with E-state index in [1.165, 1.54) is 4.57 Å². The van der Waals surface area contributed by atoms with E-state index < -0.39 is 0 Å². The number of nitrogens with zero attached hydrogens (tertiary/aromatic N) is 4. The maximum absolute atomic E-state index is 12.6. The standard InChI is InChI=1S/C18H18N4O/c1-21-11-19-15-10-14(12-6-4-3-5-7-12)20-17(16(15)18(21)23)22(2)13-8-9-13/h3-7,10-11,13H,8-9H2,1-2H3. The number of aromatic nitrogens is 3. The van der Waals surface area contributed by atoms with E-state index in [9.17, 15) is 4.79 Å². The number of benzene rings is 1. The molecule has 1 fully saturated rings. The number of anilines is 1. The number of pyridine rings is 1. The van der Waals surface area contributed by atoms with Crippen LogP contribution in [-0.2, 0) is 7.05 Å². The fourth-order valence-electron chi connectivity index (χ4n) is 2.85. The van der Waals surface area contributed by atoms with E-state index in [4.69, 9.17) is 4.98 Å². The molecule has 1 aromatic carbocycles. The first-order valence-electron chi connectivity index (χ1n) is 7.80. The molecular formula is C18H18N4O. The second kappa shape index (κ2) is 5.19. The van der Waals surface area contributed by atoms with Crippen LogP contribution in [0.15, 0.2) is 47.5 Å². The number of fused-ring (bicyclic) bond motifs is 1. The third-order valence-electron chi connectivity index (χ3n) is 4.38. The molecule has 0 unspecified atom stereocenters. The van der Waals surface area contributed by atoms with Crippen LogP contribution >= 0.6 is 0 Å². The van der Waals surface area contributed by atoms with Gasteiger partial charge in [0.15, 0.2) is 0 Å². The van der Waals surface area contributed by atoms with Crippen molar-refractivity contribution in [2.45, 2.75) is 18.9 Å². The lowest BCUT2D eigenvalue weighted by molar-refractivity contribution is 0.836. The first-order valence-corrected chi connectivity index (χ1v) is 7.80. The highest BCUT2D eigenvalue weighted by atomic mass is 16.1. The molecule has 5 nitrogen and oxygen atoms in total. The molecule has 0 aliphatic heterocycles. The molecule has 0 saturated heterocycles. The average molecular weight is 306 g/mol. The summed E-state index contributed by atoms with van der Waals surface area (Å²) in [6.07, 6.45) is 3.87. The predicted molar refractivity (Wildman–Crippen MR) is 91.6 cm³/mol. The van der Waals surface area contributed by atoms with Gasteiger partial charge in [-0.15, -0.1) is 0 Å². The summed E-state index contributed by atoms with van der Waals surface area (Å²) in [4.78, 5) is 24.0. The lowest BCUT2D eigenvalue weighted by atomic mass is 10.1. The molecule has 0 radical (unpaired) electrons. The van der Waals surface area contributed by atoms with E-state index in [0.717, 1.165) is 29.9 Å². The Morgan fingerprint density at radius 3 is 2.65 bits per heavy atom. The van der Waals surface area contributed by atoms with Gasteiger partial charge < -0.3 is 9.47 Å². The van der Waals surface area contributed by atoms with Gasteiger partial charge in [0.05, 0.1) is 17.5 Å². The van der Waals surface area contributed by atoms with E-state index in [1.807, 2.05) is 43.4 Å². The summed E-state index contributed by atoms with van der Waals surface area (Å²) in [5.41, 5.74) is 2.53. The van der Waals surface area contributed by atoms with Crippen molar-refractivity contribution in [1.29, 1.82) is 0 Å². The van der Waals surface area contributed by atoms with Gasteiger partial charge in [-0.1, -0.05) is 30.3 Å². The number of rotatable bonds is 3. The Hall–Kier alpha value is -2.69. The van der Waals surface area contributed by atoms with Gasteiger partial charge in [0.1, 0.15) is 11.2 Å². The zero-order valence-corrected chi connectivity index (χ0v) is 13.2. The Morgan fingerprint density at radius 1 is 1.22 bits per heavy atom. The third-order valence-corrected chi connectivity index (χ3v) is 4.38. The molecule has 1 saturated carbocycles. The maximum Gasteiger partial charge on any atom is 0.264 e. The molecule has 0 spiro atoms. The van der Waals surface area contributed by atoms with Gasteiger partial charge in [0.2, 0.25) is 0 Å². The number of hydrogen-bond donors (Lipinski definition) is 0. The first-order chi connectivity index (χ1) is 11.1. The molecular weight excluding hydrogens is 288 g/mol. The Labute approximate surface area is 134 Å². The summed E-state index contributed by atoms with van der Waals surface area (Å²) in [7, 11) is 3.74. The van der Waals surface area contributed by atoms with Gasteiger partial charge in [-0.25, -0.2) is 9.97 Å². The van der Waals surface area contributed by atoms with E-state index in [0.29, 0.717) is 16.9 Å². The van der Waals surface area contributed by atoms with Crippen LogP contribution in [0.1, 0.15) is 12.8 Å². The lowest BCUT2D eigenvalue weighted by Crippen LogP contribution is -2.25. The van der Waals surface area contributed by atoms with Crippen LogP contribution in [0.25, 0.3) is 22.2 Å². The zero-order valence-electron chi connectivity index (χ0n) is 13.2. The summed E-state index contributed by atoms with van der Waals surface area (Å²) >= 11 is 0. The highest BCUT2D eigenvalue weighted by Gasteiger charge is 2.29. The highest BCUT2D eigenvalue weighted by molar-refractivity contribution is 5.91. The minimum absolute atomic E-state index is 0.0513. The summed E-state index contributed by atoms with van der Waals surface area (Å²) in [5.74, 6) is 0.734. The summed E-state index contributed by atoms with van der Waals surface area (Å²) < 4.78 is 1.51. The van der Waals surface area contributed by atoms with Crippen LogP contribution < -0.4 is 10.5 Å². The number of aryl methyl sites for hydroxylation is 1. The minimum Gasteiger partial charge on any atom is -0.356 e. The fraction of sp³-hybridized carbons (Fsp3) is 0.278. The van der Waals surface area contributed by atoms with Crippen LogP contribution in [0.5, 0.6) is 0 Å². The highest BCUT2D eigenvalue weighted by Crippen LogP contribution is 2.33. The normalized spacial score (nSPS) is 14.2. The topological polar surface area (TPSA) is 51.0 Å². The van der Waals surface area contributed by atoms with Crippen molar-refractivity contribution >= 4 is 16.7 Å². The van der Waals surface area contributed by atoms with Crippen molar-refractivity contribution < 1.29 is 0 Å². The van der Waals surface area contributed by atoms with Crippen molar-refractivity contribution in [2.75, 3.05) is 11.9 Å². The second-order valence-corrected chi connectivity index (χ2v) is 6.09. The number of hydrogen-bond acceptors (Lipinski definition) is 4. The molecule has 1 aliphatic rings. The predicted octanol–water partition coefficient (Wildman–Crippen LogP) is 2.59. The monoisotopic (exact) mass is 306 g/mol. The van der Waals surface area contributed by atoms with Gasteiger partial charge >= 0.3 is 0 Å². The molecule has 1 aliphatic carbocycles. The third kappa shape index (κ3) is 2.38. The molecule has 2 heterocycles. The summed E-state index contributed by atoms with van der Waals surface area (Å²) in [5, 5.41) is 0.601. The van der Waals surface area contributed by atoms with Crippen LogP contribution in [0, 0.1) is 0 Å². The van der Waals surface area contributed by atoms with Crippen LogP contribution in [-0.4, -0.2) is 27.6 Å². The molecule has 0 atom stereocenters. The molecule has 0 N–H and O–H groups in total. The molecule has 3 aromatic rings. The average Bonchev–Trinajstić information content (AvgIpc) is 3.42. The molecule has 116 valence electrons. The van der Waals surface area contributed by atoms with Crippen molar-refractivity contribution in [1.82, 2.24) is 14.5 Å². The van der Waals surface area contributed by atoms with Crippen molar-refractivity contribution in [2.24, 2.45) is 7.05 Å². The quantitative estimate of drug-likeness (QED) is 0.746. The van der Waals surface area contributed by atoms with Crippen LogP contribution in [0.4, 0.5) is 5.82 Å². The van der Waals surface area contributed by atoms with E-state index in [2.05, 4.69) is 9.88 Å². The first kappa shape index (κ1) is 13.9. The van der Waals surface area contributed by atoms with Gasteiger partial charge in [-0.05, 0) is 18.9 Å². The van der Waals surface area contributed by atoms with Gasteiger partial charge in [-0.2, -0.15) is 0 Å². The van der Waals surface area contributed by atoms with Crippen LogP contribution in [0.3, 0.4) is 0 Å². The summed E-state index contributed by atoms with van der Waals surface area (Å²) in [6.45, 7) is 0. The molecule has 4 rings (SSSR count). The minimum atomic E-state index is -0.0513. The molecule has 23 heavy (non-hydrogen) atoms. The van der Waals surface area contributed by atoms with Crippen molar-refractivity contribution in [3.05, 3.63) is 53.1 Å². The van der Waals surface area contributed by atoms with Gasteiger partial charge in [0, 0.05) is 25.7 Å². The lowest BCUT2D eigenvalue weighted by Gasteiger charge is -2.20. The van der Waals surface area contributed by atoms with E-state index >= 15 is 0 Å². The fourth-order valence-corrected chi connectivity index (χ4v) is 2.85. The Bertz CT molecular complexity index is 929. The van der Waals surface area contributed by atoms with Gasteiger partial charge in [-0.3, -0.25) is 4.79 Å². The zero-order chi connectivity index (χ0) is 16.0. The Balaban J connectivity index is 2.01. The molecule has 0 bridgehead atoms. The van der Waals surface area contributed by atoms with Gasteiger partial charge in [0.25, 0.3) is 5.56 Å². The van der Waals surface area contributed by atoms with Crippen molar-refractivity contribution in [3.63, 3.8) is 0 Å². The van der Waals surface area contributed by atoms with E-state index in [1.54, 1.807) is 13.4 Å². The smallest absolute Gasteiger partial charge is 0.264 e. The van der Waals surface area contributed by atoms with Crippen molar-refractivity contribution in [3.8, 4) is 11.3 Å². The maximum atomic E-state index is 12.6. The largest absolute Gasteiger partial charge is 0.356 e. The summed E-state index contributed by atoms with van der Waals surface area (Å²) in [6, 6.07) is 12.4. The molecule has 5 heteroatoms. The van der Waals surface area contributed by atoms with Crippen LogP contribution in [0.2, 0.25) is 0 Å². The van der Waals surface area contributed by atoms with E-state index in [-0.39, 0.29) is 5.56 Å². The molecule has 2 aromatic heterocycles. The Morgan fingerprint density at radius 2 is 1.96 bits per heavy atom.